The number of hydrogen-bond acceptors (Lipinski definition) is 4. The number of likely N-dealkylation sites (tertiary alicyclic amines) is 1. The second-order valence-corrected chi connectivity index (χ2v) is 8.30. The van der Waals surface area contributed by atoms with E-state index < -0.39 is 0 Å². The van der Waals surface area contributed by atoms with E-state index in [4.69, 9.17) is 11.6 Å². The molecular weight excluding hydrogens is 360 g/mol. The molecule has 2 atom stereocenters. The van der Waals surface area contributed by atoms with E-state index in [1.807, 2.05) is 19.2 Å². The summed E-state index contributed by atoms with van der Waals surface area (Å²) < 4.78 is 0. The van der Waals surface area contributed by atoms with Crippen LogP contribution in [0.2, 0.25) is 5.02 Å². The van der Waals surface area contributed by atoms with Crippen LogP contribution in [0.1, 0.15) is 33.1 Å². The number of aliphatic imine (C=N–C) groups is 1. The third-order valence-corrected chi connectivity index (χ3v) is 5.94. The quantitative estimate of drug-likeness (QED) is 0.575. The van der Waals surface area contributed by atoms with Gasteiger partial charge in [-0.2, -0.15) is 0 Å². The van der Waals surface area contributed by atoms with Gasteiger partial charge >= 0.3 is 0 Å². The summed E-state index contributed by atoms with van der Waals surface area (Å²) in [6.45, 7) is 9.83. The largest absolute Gasteiger partial charge is 0.355 e. The first-order valence-electron chi connectivity index (χ1n) is 10.1. The van der Waals surface area contributed by atoms with Crippen LogP contribution in [0.15, 0.2) is 23.3 Å². The van der Waals surface area contributed by atoms with Crippen molar-refractivity contribution < 1.29 is 0 Å². The van der Waals surface area contributed by atoms with E-state index in [1.165, 1.54) is 25.9 Å². The molecule has 0 amide bonds. The molecule has 6 nitrogen and oxygen atoms in total. The van der Waals surface area contributed by atoms with E-state index in [0.717, 1.165) is 37.8 Å². The van der Waals surface area contributed by atoms with Gasteiger partial charge in [-0.3, -0.25) is 9.89 Å². The van der Waals surface area contributed by atoms with Crippen molar-refractivity contribution in [2.24, 2.45) is 10.9 Å². The smallest absolute Gasteiger partial charge is 0.191 e. The van der Waals surface area contributed by atoms with Crippen molar-refractivity contribution in [1.82, 2.24) is 20.5 Å². The number of nitrogens with zero attached hydrogens (tertiary/aromatic N) is 4. The normalized spacial score (nSPS) is 22.5. The molecule has 0 radical (unpaired) electrons. The Morgan fingerprint density at radius 2 is 2.11 bits per heavy atom. The number of aromatic nitrogens is 1. The van der Waals surface area contributed by atoms with Gasteiger partial charge in [0.05, 0.1) is 5.02 Å². The number of guanidine groups is 1. The Labute approximate surface area is 168 Å². The van der Waals surface area contributed by atoms with Crippen LogP contribution in [0.5, 0.6) is 0 Å². The highest BCUT2D eigenvalue weighted by atomic mass is 35.5. The first kappa shape index (κ1) is 20.2. The van der Waals surface area contributed by atoms with Crippen LogP contribution in [0, 0.1) is 5.92 Å². The van der Waals surface area contributed by atoms with Gasteiger partial charge in [-0.15, -0.1) is 0 Å². The van der Waals surface area contributed by atoms with Gasteiger partial charge in [-0.1, -0.05) is 25.4 Å². The van der Waals surface area contributed by atoms with E-state index in [2.05, 4.69) is 44.3 Å². The maximum Gasteiger partial charge on any atom is 0.191 e. The summed E-state index contributed by atoms with van der Waals surface area (Å²) in [4.78, 5) is 13.7. The summed E-state index contributed by atoms with van der Waals surface area (Å²) in [6.07, 6.45) is 5.49. The second kappa shape index (κ2) is 9.60. The molecule has 150 valence electrons. The lowest BCUT2D eigenvalue weighted by Gasteiger charge is -2.31. The van der Waals surface area contributed by atoms with Crippen LogP contribution in [0.3, 0.4) is 0 Å². The van der Waals surface area contributed by atoms with Crippen LogP contribution in [-0.2, 0) is 0 Å². The zero-order chi connectivity index (χ0) is 19.2. The number of anilines is 1. The zero-order valence-electron chi connectivity index (χ0n) is 16.8. The number of pyridine rings is 1. The van der Waals surface area contributed by atoms with Crippen LogP contribution in [0.25, 0.3) is 0 Å². The average Bonchev–Trinajstić information content (AvgIpc) is 3.33. The molecule has 2 saturated heterocycles. The van der Waals surface area contributed by atoms with E-state index in [9.17, 15) is 0 Å². The number of halogens is 1. The molecule has 2 aliphatic rings. The fraction of sp³-hybridized carbons (Fsp3) is 0.700. The number of hydrogen-bond donors (Lipinski definition) is 2. The molecule has 2 fully saturated rings. The van der Waals surface area contributed by atoms with Gasteiger partial charge in [-0.05, 0) is 50.4 Å². The molecule has 27 heavy (non-hydrogen) atoms. The first-order chi connectivity index (χ1) is 13.1. The summed E-state index contributed by atoms with van der Waals surface area (Å²) in [5.41, 5.74) is 0. The van der Waals surface area contributed by atoms with E-state index in [-0.39, 0.29) is 0 Å². The third kappa shape index (κ3) is 5.26. The molecule has 7 heteroatoms. The summed E-state index contributed by atoms with van der Waals surface area (Å²) in [5.74, 6) is 2.39. The van der Waals surface area contributed by atoms with Crippen molar-refractivity contribution in [3.63, 3.8) is 0 Å². The Hall–Kier alpha value is -1.53. The van der Waals surface area contributed by atoms with E-state index in [1.54, 1.807) is 6.20 Å². The minimum atomic E-state index is 0.346. The fourth-order valence-electron chi connectivity index (χ4n) is 4.13. The van der Waals surface area contributed by atoms with Crippen molar-refractivity contribution in [2.75, 3.05) is 44.7 Å². The average molecular weight is 393 g/mol. The molecule has 1 aromatic rings. The van der Waals surface area contributed by atoms with Crippen molar-refractivity contribution in [1.29, 1.82) is 0 Å². The molecule has 1 aromatic heterocycles. The minimum absolute atomic E-state index is 0.346. The standard InChI is InChI=1S/C20H33ClN6/c1-15(2)18(26-10-4-5-11-26)13-24-20(22-3)25-16-8-12-27(14-16)19-17(21)7-6-9-23-19/h6-7,9,15-16,18H,4-5,8,10-14H2,1-3H3,(H2,22,24,25). The van der Waals surface area contributed by atoms with Crippen LogP contribution in [0.4, 0.5) is 5.82 Å². The molecule has 2 aliphatic heterocycles. The van der Waals surface area contributed by atoms with E-state index >= 15 is 0 Å². The molecule has 0 saturated carbocycles. The topological polar surface area (TPSA) is 55.8 Å². The molecule has 3 rings (SSSR count). The number of nitrogens with one attached hydrogen (secondary N) is 2. The molecule has 2 unspecified atom stereocenters. The molecule has 0 spiro atoms. The highest BCUT2D eigenvalue weighted by Crippen LogP contribution is 2.25. The third-order valence-electron chi connectivity index (χ3n) is 5.65. The molecule has 0 aromatic carbocycles. The van der Waals surface area contributed by atoms with Gasteiger partial charge in [0, 0.05) is 45.0 Å². The highest BCUT2D eigenvalue weighted by Gasteiger charge is 2.27. The molecule has 0 bridgehead atoms. The van der Waals surface area contributed by atoms with Gasteiger partial charge < -0.3 is 15.5 Å². The lowest BCUT2D eigenvalue weighted by atomic mass is 10.0. The van der Waals surface area contributed by atoms with Gasteiger partial charge in [0.25, 0.3) is 0 Å². The van der Waals surface area contributed by atoms with Gasteiger partial charge in [0.1, 0.15) is 5.82 Å². The first-order valence-corrected chi connectivity index (χ1v) is 10.5. The number of rotatable bonds is 6. The SMILES string of the molecule is CN=C(NCC(C(C)C)N1CCCC1)NC1CCN(c2ncccc2Cl)C1. The fourth-order valence-corrected chi connectivity index (χ4v) is 4.37. The molecule has 2 N–H and O–H groups in total. The Balaban J connectivity index is 1.51. The zero-order valence-corrected chi connectivity index (χ0v) is 17.5. The Morgan fingerprint density at radius 3 is 2.78 bits per heavy atom. The maximum absolute atomic E-state index is 6.30. The Morgan fingerprint density at radius 1 is 1.33 bits per heavy atom. The van der Waals surface area contributed by atoms with Crippen molar-refractivity contribution in [3.8, 4) is 0 Å². The lowest BCUT2D eigenvalue weighted by molar-refractivity contribution is 0.192. The monoisotopic (exact) mass is 392 g/mol. The minimum Gasteiger partial charge on any atom is -0.355 e. The predicted octanol–water partition coefficient (Wildman–Crippen LogP) is 2.60. The van der Waals surface area contributed by atoms with Crippen LogP contribution >= 0.6 is 11.6 Å². The second-order valence-electron chi connectivity index (χ2n) is 7.89. The summed E-state index contributed by atoms with van der Waals surface area (Å²) >= 11 is 6.30. The van der Waals surface area contributed by atoms with E-state index in [0.29, 0.717) is 23.0 Å². The van der Waals surface area contributed by atoms with Crippen molar-refractivity contribution in [2.45, 2.75) is 45.2 Å². The summed E-state index contributed by atoms with van der Waals surface area (Å²) in [6, 6.07) is 4.67. The van der Waals surface area contributed by atoms with Gasteiger partial charge in [0.15, 0.2) is 5.96 Å². The lowest BCUT2D eigenvalue weighted by Crippen LogP contribution is -2.50. The van der Waals surface area contributed by atoms with Gasteiger partial charge in [-0.25, -0.2) is 4.98 Å². The summed E-state index contributed by atoms with van der Waals surface area (Å²) in [5, 5.41) is 7.85. The predicted molar refractivity (Wildman–Crippen MR) is 114 cm³/mol. The highest BCUT2D eigenvalue weighted by molar-refractivity contribution is 6.32. The van der Waals surface area contributed by atoms with Crippen LogP contribution in [-0.4, -0.2) is 67.7 Å². The molecular formula is C20H33ClN6. The maximum atomic E-state index is 6.30. The molecule has 0 aliphatic carbocycles. The van der Waals surface area contributed by atoms with Crippen molar-refractivity contribution in [3.05, 3.63) is 23.4 Å². The Bertz CT molecular complexity index is 629. The van der Waals surface area contributed by atoms with Crippen molar-refractivity contribution >= 4 is 23.4 Å². The van der Waals surface area contributed by atoms with Gasteiger partial charge in [0.2, 0.25) is 0 Å². The summed E-state index contributed by atoms with van der Waals surface area (Å²) in [7, 11) is 1.85. The molecule has 3 heterocycles. The Kier molecular flexibility index (Phi) is 7.19. The van der Waals surface area contributed by atoms with Crippen LogP contribution < -0.4 is 15.5 Å².